The van der Waals surface area contributed by atoms with Gasteiger partial charge in [-0.05, 0) is 43.5 Å². The van der Waals surface area contributed by atoms with E-state index in [1.54, 1.807) is 11.0 Å². The molecule has 2 amide bonds. The van der Waals surface area contributed by atoms with Crippen LogP contribution in [0.2, 0.25) is 0 Å². The molecule has 0 bridgehead atoms. The lowest BCUT2D eigenvalue weighted by Crippen LogP contribution is -2.33. The number of amides is 2. The number of aromatic nitrogens is 2. The number of likely N-dealkylation sites (tertiary alicyclic amines) is 1. The number of nitrogens with zero attached hydrogens (tertiary/aromatic N) is 2. The number of nitrogens with one attached hydrogen (secondary N) is 1. The average Bonchev–Trinajstić information content (AvgIpc) is 3.14. The van der Waals surface area contributed by atoms with Crippen molar-refractivity contribution < 1.29 is 9.59 Å². The normalized spacial score (nSPS) is 17.7. The number of rotatable bonds is 3. The summed E-state index contributed by atoms with van der Waals surface area (Å²) < 4.78 is 0. The molecule has 0 spiro atoms. The molecule has 0 radical (unpaired) electrons. The molecule has 0 aliphatic carbocycles. The van der Waals surface area contributed by atoms with Gasteiger partial charge in [0, 0.05) is 24.6 Å². The van der Waals surface area contributed by atoms with Crippen LogP contribution < -0.4 is 5.73 Å². The maximum Gasteiger partial charge on any atom is 0.273 e. The van der Waals surface area contributed by atoms with Gasteiger partial charge >= 0.3 is 0 Å². The summed E-state index contributed by atoms with van der Waals surface area (Å²) in [7, 11) is 0. The summed E-state index contributed by atoms with van der Waals surface area (Å²) in [5.41, 5.74) is 7.78. The number of carbonyl (C=O) groups excluding carboxylic acids is 2. The molecule has 2 aromatic rings. The van der Waals surface area contributed by atoms with Gasteiger partial charge in [0.15, 0.2) is 0 Å². The minimum atomic E-state index is -0.636. The Kier molecular flexibility index (Phi) is 3.66. The van der Waals surface area contributed by atoms with Gasteiger partial charge in [-0.15, -0.1) is 0 Å². The maximum atomic E-state index is 12.8. The minimum absolute atomic E-state index is 0.0102. The molecule has 0 aromatic carbocycles. The summed E-state index contributed by atoms with van der Waals surface area (Å²) in [5.74, 6) is -0.882. The quantitative estimate of drug-likeness (QED) is 0.905. The lowest BCUT2D eigenvalue weighted by atomic mass is 10.1. The van der Waals surface area contributed by atoms with Gasteiger partial charge in [0.2, 0.25) is 0 Å². The molecule has 6 heteroatoms. The highest BCUT2D eigenvalue weighted by Gasteiger charge is 2.33. The van der Waals surface area contributed by atoms with Gasteiger partial charge in [0.25, 0.3) is 11.8 Å². The molecular formula is C16H18N4O2. The van der Waals surface area contributed by atoms with E-state index in [0.29, 0.717) is 6.54 Å². The molecule has 0 unspecified atom stereocenters. The fourth-order valence-corrected chi connectivity index (χ4v) is 2.96. The molecule has 114 valence electrons. The van der Waals surface area contributed by atoms with Crippen LogP contribution in [-0.2, 0) is 0 Å². The first kappa shape index (κ1) is 14.3. The van der Waals surface area contributed by atoms with E-state index in [-0.39, 0.29) is 23.2 Å². The minimum Gasteiger partial charge on any atom is -0.366 e. The molecule has 1 aliphatic rings. The van der Waals surface area contributed by atoms with E-state index in [1.165, 1.54) is 12.3 Å². The number of primary amides is 1. The van der Waals surface area contributed by atoms with E-state index in [4.69, 9.17) is 5.73 Å². The standard InChI is InChI=1S/C16H18N4O2/c1-10-8-12(19-9-10)13-5-3-7-20(13)16(22)14-11(15(17)21)4-2-6-18-14/h2,4,6,8-9,13,19H,3,5,7H2,1H3,(H2,17,21)/t13-/m1/s1. The van der Waals surface area contributed by atoms with Crippen LogP contribution in [0, 0.1) is 6.92 Å². The molecule has 3 heterocycles. The number of H-pyrrole nitrogens is 1. The van der Waals surface area contributed by atoms with E-state index in [9.17, 15) is 9.59 Å². The average molecular weight is 298 g/mol. The summed E-state index contributed by atoms with van der Waals surface area (Å²) >= 11 is 0. The zero-order chi connectivity index (χ0) is 15.7. The van der Waals surface area contributed by atoms with Crippen molar-refractivity contribution in [3.8, 4) is 0 Å². The number of aryl methyl sites for hydroxylation is 1. The van der Waals surface area contributed by atoms with Gasteiger partial charge in [-0.3, -0.25) is 14.6 Å². The molecule has 2 aromatic heterocycles. The number of nitrogens with two attached hydrogens (primary N) is 1. The molecule has 1 saturated heterocycles. The fourth-order valence-electron chi connectivity index (χ4n) is 2.96. The summed E-state index contributed by atoms with van der Waals surface area (Å²) in [6.45, 7) is 2.65. The van der Waals surface area contributed by atoms with Crippen molar-refractivity contribution in [3.63, 3.8) is 0 Å². The predicted octanol–water partition coefficient (Wildman–Crippen LogP) is 1.79. The van der Waals surface area contributed by atoms with Gasteiger partial charge in [0.05, 0.1) is 11.6 Å². The third-order valence-corrected chi connectivity index (χ3v) is 4.00. The second-order valence-corrected chi connectivity index (χ2v) is 5.55. The molecule has 0 saturated carbocycles. The third-order valence-electron chi connectivity index (χ3n) is 4.00. The van der Waals surface area contributed by atoms with Crippen molar-refractivity contribution in [3.05, 3.63) is 53.1 Å². The zero-order valence-electron chi connectivity index (χ0n) is 12.4. The number of hydrogen-bond acceptors (Lipinski definition) is 3. The van der Waals surface area contributed by atoms with Crippen LogP contribution >= 0.6 is 0 Å². The van der Waals surface area contributed by atoms with E-state index in [1.807, 2.05) is 19.2 Å². The Morgan fingerprint density at radius 1 is 1.45 bits per heavy atom. The Morgan fingerprint density at radius 3 is 2.95 bits per heavy atom. The SMILES string of the molecule is Cc1c[nH]c([C@H]2CCCN2C(=O)c2ncccc2C(N)=O)c1. The zero-order valence-corrected chi connectivity index (χ0v) is 12.4. The molecular weight excluding hydrogens is 280 g/mol. The Hall–Kier alpha value is -2.63. The van der Waals surface area contributed by atoms with Crippen LogP contribution in [0.5, 0.6) is 0 Å². The number of pyridine rings is 1. The Morgan fingerprint density at radius 2 is 2.27 bits per heavy atom. The van der Waals surface area contributed by atoms with Crippen molar-refractivity contribution in [2.75, 3.05) is 6.54 Å². The van der Waals surface area contributed by atoms with Crippen LogP contribution in [0.3, 0.4) is 0 Å². The van der Waals surface area contributed by atoms with Gasteiger partial charge in [-0.2, -0.15) is 0 Å². The summed E-state index contributed by atoms with van der Waals surface area (Å²) in [4.78, 5) is 33.4. The van der Waals surface area contributed by atoms with Gasteiger partial charge in [-0.25, -0.2) is 0 Å². The van der Waals surface area contributed by atoms with Gasteiger partial charge in [-0.1, -0.05) is 0 Å². The summed E-state index contributed by atoms with van der Waals surface area (Å²) in [6.07, 6.45) is 5.24. The van der Waals surface area contributed by atoms with Crippen LogP contribution in [0.4, 0.5) is 0 Å². The van der Waals surface area contributed by atoms with E-state index in [0.717, 1.165) is 24.1 Å². The Balaban J connectivity index is 1.93. The first-order valence-electron chi connectivity index (χ1n) is 7.28. The van der Waals surface area contributed by atoms with Crippen molar-refractivity contribution in [1.29, 1.82) is 0 Å². The third kappa shape index (κ3) is 2.47. The highest BCUT2D eigenvalue weighted by atomic mass is 16.2. The van der Waals surface area contributed by atoms with Crippen LogP contribution in [0.1, 0.15) is 51.0 Å². The first-order valence-corrected chi connectivity index (χ1v) is 7.28. The van der Waals surface area contributed by atoms with Crippen LogP contribution in [-0.4, -0.2) is 33.2 Å². The van der Waals surface area contributed by atoms with Gasteiger partial charge < -0.3 is 15.6 Å². The molecule has 1 aliphatic heterocycles. The predicted molar refractivity (Wildman–Crippen MR) is 81.3 cm³/mol. The largest absolute Gasteiger partial charge is 0.366 e. The fraction of sp³-hybridized carbons (Fsp3) is 0.312. The second kappa shape index (κ2) is 5.63. The highest BCUT2D eigenvalue weighted by Crippen LogP contribution is 2.32. The van der Waals surface area contributed by atoms with Crippen molar-refractivity contribution in [1.82, 2.24) is 14.9 Å². The Labute approximate surface area is 128 Å². The lowest BCUT2D eigenvalue weighted by molar-refractivity contribution is 0.0722. The van der Waals surface area contributed by atoms with Crippen LogP contribution in [0.15, 0.2) is 30.6 Å². The molecule has 1 atom stereocenters. The van der Waals surface area contributed by atoms with E-state index in [2.05, 4.69) is 9.97 Å². The first-order chi connectivity index (χ1) is 10.6. The maximum absolute atomic E-state index is 12.8. The summed E-state index contributed by atoms with van der Waals surface area (Å²) in [6, 6.07) is 5.17. The van der Waals surface area contributed by atoms with Crippen molar-refractivity contribution >= 4 is 11.8 Å². The number of carbonyl (C=O) groups is 2. The lowest BCUT2D eigenvalue weighted by Gasteiger charge is -2.24. The molecule has 3 rings (SSSR count). The van der Waals surface area contributed by atoms with Gasteiger partial charge in [0.1, 0.15) is 5.69 Å². The van der Waals surface area contributed by atoms with Crippen molar-refractivity contribution in [2.24, 2.45) is 5.73 Å². The number of aromatic amines is 1. The smallest absolute Gasteiger partial charge is 0.273 e. The Bertz CT molecular complexity index is 722. The summed E-state index contributed by atoms with van der Waals surface area (Å²) in [5, 5.41) is 0. The highest BCUT2D eigenvalue weighted by molar-refractivity contribution is 6.05. The monoisotopic (exact) mass is 298 g/mol. The number of hydrogen-bond donors (Lipinski definition) is 2. The van der Waals surface area contributed by atoms with E-state index >= 15 is 0 Å². The van der Waals surface area contributed by atoms with E-state index < -0.39 is 5.91 Å². The molecule has 1 fully saturated rings. The molecule has 6 nitrogen and oxygen atoms in total. The van der Waals surface area contributed by atoms with Crippen LogP contribution in [0.25, 0.3) is 0 Å². The topological polar surface area (TPSA) is 92.1 Å². The second-order valence-electron chi connectivity index (χ2n) is 5.55. The van der Waals surface area contributed by atoms with Crippen molar-refractivity contribution in [2.45, 2.75) is 25.8 Å². The molecule has 3 N–H and O–H groups in total. The molecule has 22 heavy (non-hydrogen) atoms.